The van der Waals surface area contributed by atoms with Crippen LogP contribution in [0.25, 0.3) is 11.3 Å². The van der Waals surface area contributed by atoms with E-state index in [1.807, 2.05) is 17.0 Å². The molecular weight excluding hydrogens is 407 g/mol. The summed E-state index contributed by atoms with van der Waals surface area (Å²) < 4.78 is 24.6. The van der Waals surface area contributed by atoms with Crippen LogP contribution in [0.1, 0.15) is 50.4 Å². The SMILES string of the molecule is CC(C)(C)c1ccc(OCCCC(=O)N2CCc3noc(-c4ccc(F)cc4)c3C2)cc1. The number of hydrogen-bond donors (Lipinski definition) is 0. The first-order valence-electron chi connectivity index (χ1n) is 11.1. The lowest BCUT2D eigenvalue weighted by molar-refractivity contribution is -0.132. The molecular formula is C26H29FN2O3. The highest BCUT2D eigenvalue weighted by molar-refractivity contribution is 5.77. The largest absolute Gasteiger partial charge is 0.494 e. The molecule has 1 aromatic heterocycles. The van der Waals surface area contributed by atoms with E-state index in [2.05, 4.69) is 38.1 Å². The third-order valence-electron chi connectivity index (χ3n) is 5.82. The molecule has 1 aliphatic rings. The molecule has 6 heteroatoms. The van der Waals surface area contributed by atoms with E-state index in [4.69, 9.17) is 9.26 Å². The zero-order valence-electron chi connectivity index (χ0n) is 18.9. The molecule has 32 heavy (non-hydrogen) atoms. The summed E-state index contributed by atoms with van der Waals surface area (Å²) in [5.41, 5.74) is 3.92. The van der Waals surface area contributed by atoms with Gasteiger partial charge in [-0.05, 0) is 53.8 Å². The quantitative estimate of drug-likeness (QED) is 0.477. The van der Waals surface area contributed by atoms with Crippen LogP contribution in [0.3, 0.4) is 0 Å². The second-order valence-electron chi connectivity index (χ2n) is 9.24. The first-order valence-corrected chi connectivity index (χ1v) is 11.1. The van der Waals surface area contributed by atoms with Gasteiger partial charge < -0.3 is 14.2 Å². The average Bonchev–Trinajstić information content (AvgIpc) is 3.20. The van der Waals surface area contributed by atoms with Gasteiger partial charge in [-0.3, -0.25) is 4.79 Å². The van der Waals surface area contributed by atoms with Gasteiger partial charge in [-0.1, -0.05) is 38.1 Å². The molecule has 0 atom stereocenters. The molecule has 0 aliphatic carbocycles. The molecule has 0 fully saturated rings. The molecule has 1 aliphatic heterocycles. The minimum Gasteiger partial charge on any atom is -0.494 e. The predicted molar refractivity (Wildman–Crippen MR) is 121 cm³/mol. The van der Waals surface area contributed by atoms with Gasteiger partial charge >= 0.3 is 0 Å². The molecule has 0 spiro atoms. The summed E-state index contributed by atoms with van der Waals surface area (Å²) in [4.78, 5) is 14.6. The number of amides is 1. The Morgan fingerprint density at radius 3 is 2.53 bits per heavy atom. The van der Waals surface area contributed by atoms with Crippen LogP contribution in [0, 0.1) is 5.82 Å². The molecule has 0 bridgehead atoms. The number of carbonyl (C=O) groups excluding carboxylic acids is 1. The van der Waals surface area contributed by atoms with E-state index in [-0.39, 0.29) is 17.1 Å². The van der Waals surface area contributed by atoms with E-state index in [9.17, 15) is 9.18 Å². The third kappa shape index (κ3) is 5.01. The van der Waals surface area contributed by atoms with Crippen molar-refractivity contribution in [1.29, 1.82) is 0 Å². The van der Waals surface area contributed by atoms with Crippen LogP contribution in [0.2, 0.25) is 0 Å². The highest BCUT2D eigenvalue weighted by Gasteiger charge is 2.27. The van der Waals surface area contributed by atoms with E-state index in [1.54, 1.807) is 12.1 Å². The number of halogens is 1. The lowest BCUT2D eigenvalue weighted by Gasteiger charge is -2.26. The molecule has 5 nitrogen and oxygen atoms in total. The minimum atomic E-state index is -0.300. The topological polar surface area (TPSA) is 55.6 Å². The van der Waals surface area contributed by atoms with E-state index < -0.39 is 0 Å². The number of carbonyl (C=O) groups is 1. The highest BCUT2D eigenvalue weighted by Crippen LogP contribution is 2.31. The predicted octanol–water partition coefficient (Wildman–Crippen LogP) is 5.52. The Hall–Kier alpha value is -3.15. The van der Waals surface area contributed by atoms with Crippen molar-refractivity contribution in [3.63, 3.8) is 0 Å². The first-order chi connectivity index (χ1) is 15.3. The number of aromatic nitrogens is 1. The zero-order chi connectivity index (χ0) is 22.7. The normalized spacial score (nSPS) is 13.7. The number of nitrogens with zero attached hydrogens (tertiary/aromatic N) is 2. The van der Waals surface area contributed by atoms with Crippen molar-refractivity contribution in [2.24, 2.45) is 0 Å². The van der Waals surface area contributed by atoms with Crippen molar-refractivity contribution in [3.8, 4) is 17.1 Å². The van der Waals surface area contributed by atoms with Gasteiger partial charge in [0.15, 0.2) is 5.76 Å². The van der Waals surface area contributed by atoms with Gasteiger partial charge in [0, 0.05) is 30.5 Å². The van der Waals surface area contributed by atoms with Gasteiger partial charge in [-0.2, -0.15) is 0 Å². The van der Waals surface area contributed by atoms with Crippen molar-refractivity contribution >= 4 is 5.91 Å². The fourth-order valence-corrected chi connectivity index (χ4v) is 3.88. The standard InChI is InChI=1S/C26H29FN2O3/c1-26(2,3)19-8-12-21(13-9-19)31-16-4-5-24(30)29-15-14-23-22(17-29)25(32-28-23)18-6-10-20(27)11-7-18/h6-13H,4-5,14-17H2,1-3H3. The fraction of sp³-hybridized carbons (Fsp3) is 0.385. The van der Waals surface area contributed by atoms with Gasteiger partial charge in [0.2, 0.25) is 5.91 Å². The molecule has 2 aromatic carbocycles. The van der Waals surface area contributed by atoms with E-state index in [1.165, 1.54) is 17.7 Å². The summed E-state index contributed by atoms with van der Waals surface area (Å²) in [6, 6.07) is 14.3. The summed E-state index contributed by atoms with van der Waals surface area (Å²) in [6.07, 6.45) is 1.73. The summed E-state index contributed by atoms with van der Waals surface area (Å²) >= 11 is 0. The van der Waals surface area contributed by atoms with Crippen molar-refractivity contribution in [3.05, 3.63) is 71.2 Å². The van der Waals surface area contributed by atoms with E-state index in [0.717, 1.165) is 22.6 Å². The molecule has 2 heterocycles. The van der Waals surface area contributed by atoms with Crippen LogP contribution in [-0.4, -0.2) is 29.1 Å². The number of rotatable bonds is 6. The maximum atomic E-state index is 13.2. The van der Waals surface area contributed by atoms with Gasteiger partial charge in [-0.15, -0.1) is 0 Å². The van der Waals surface area contributed by atoms with Crippen molar-refractivity contribution in [2.75, 3.05) is 13.2 Å². The minimum absolute atomic E-state index is 0.0913. The fourth-order valence-electron chi connectivity index (χ4n) is 3.88. The smallest absolute Gasteiger partial charge is 0.223 e. The Bertz CT molecular complexity index is 1070. The van der Waals surface area contributed by atoms with Crippen LogP contribution >= 0.6 is 0 Å². The molecule has 0 unspecified atom stereocenters. The van der Waals surface area contributed by atoms with Crippen LogP contribution in [0.4, 0.5) is 4.39 Å². The lowest BCUT2D eigenvalue weighted by Crippen LogP contribution is -2.36. The summed E-state index contributed by atoms with van der Waals surface area (Å²) in [5, 5.41) is 4.15. The first kappa shape index (κ1) is 22.1. The summed E-state index contributed by atoms with van der Waals surface area (Å²) in [6.45, 7) is 8.12. The number of hydrogen-bond acceptors (Lipinski definition) is 4. The second kappa shape index (κ2) is 9.15. The second-order valence-corrected chi connectivity index (χ2v) is 9.24. The summed E-state index contributed by atoms with van der Waals surface area (Å²) in [7, 11) is 0. The number of fused-ring (bicyclic) bond motifs is 1. The Morgan fingerprint density at radius 1 is 1.12 bits per heavy atom. The Kier molecular flexibility index (Phi) is 6.31. The molecule has 0 saturated carbocycles. The Morgan fingerprint density at radius 2 is 1.84 bits per heavy atom. The average molecular weight is 437 g/mol. The maximum Gasteiger partial charge on any atom is 0.223 e. The summed E-state index contributed by atoms with van der Waals surface area (Å²) in [5.74, 6) is 1.22. The zero-order valence-corrected chi connectivity index (χ0v) is 18.9. The third-order valence-corrected chi connectivity index (χ3v) is 5.82. The van der Waals surface area contributed by atoms with Crippen LogP contribution in [0.5, 0.6) is 5.75 Å². The van der Waals surface area contributed by atoms with Crippen molar-refractivity contribution in [2.45, 2.75) is 52.0 Å². The lowest BCUT2D eigenvalue weighted by atomic mass is 9.87. The highest BCUT2D eigenvalue weighted by atomic mass is 19.1. The molecule has 0 saturated heterocycles. The van der Waals surface area contributed by atoms with Crippen molar-refractivity contribution in [1.82, 2.24) is 10.1 Å². The van der Waals surface area contributed by atoms with Crippen LogP contribution < -0.4 is 4.74 Å². The van der Waals surface area contributed by atoms with Gasteiger partial charge in [0.05, 0.1) is 18.8 Å². The van der Waals surface area contributed by atoms with E-state index >= 15 is 0 Å². The maximum absolute atomic E-state index is 13.2. The Balaban J connectivity index is 1.29. The van der Waals surface area contributed by atoms with Gasteiger partial charge in [0.1, 0.15) is 11.6 Å². The molecule has 168 valence electrons. The molecule has 4 rings (SSSR count). The van der Waals surface area contributed by atoms with Crippen molar-refractivity contribution < 1.29 is 18.4 Å². The van der Waals surface area contributed by atoms with Crippen LogP contribution in [0.15, 0.2) is 53.1 Å². The molecule has 1 amide bonds. The van der Waals surface area contributed by atoms with Gasteiger partial charge in [-0.25, -0.2) is 4.39 Å². The number of benzene rings is 2. The number of ether oxygens (including phenoxy) is 1. The Labute approximate surface area is 188 Å². The monoisotopic (exact) mass is 436 g/mol. The van der Waals surface area contributed by atoms with Gasteiger partial charge in [0.25, 0.3) is 0 Å². The van der Waals surface area contributed by atoms with E-state index in [0.29, 0.717) is 44.7 Å². The molecule has 3 aromatic rings. The van der Waals surface area contributed by atoms with Crippen LogP contribution in [-0.2, 0) is 23.2 Å². The molecule has 0 radical (unpaired) electrons. The molecule has 0 N–H and O–H groups in total.